The van der Waals surface area contributed by atoms with Crippen molar-refractivity contribution in [3.8, 4) is 11.5 Å². The molecule has 0 saturated carbocycles. The zero-order chi connectivity index (χ0) is 21.1. The van der Waals surface area contributed by atoms with Gasteiger partial charge in [-0.2, -0.15) is 13.2 Å². The Labute approximate surface area is 167 Å². The van der Waals surface area contributed by atoms with E-state index in [0.29, 0.717) is 32.5 Å². The van der Waals surface area contributed by atoms with Gasteiger partial charge in [0.1, 0.15) is 21.3 Å². The molecule has 1 aliphatic heterocycles. The first-order valence-electron chi connectivity index (χ1n) is 9.14. The van der Waals surface area contributed by atoms with E-state index in [0.717, 1.165) is 6.07 Å². The molecule has 1 aliphatic rings. The van der Waals surface area contributed by atoms with E-state index in [9.17, 15) is 21.6 Å². The van der Waals surface area contributed by atoms with Crippen molar-refractivity contribution in [2.45, 2.75) is 25.1 Å². The summed E-state index contributed by atoms with van der Waals surface area (Å²) in [5.41, 5.74) is -0.765. The van der Waals surface area contributed by atoms with Crippen LogP contribution in [-0.2, 0) is 16.0 Å². The third-order valence-corrected chi connectivity index (χ3v) is 5.55. The monoisotopic (exact) mass is 429 g/mol. The molecule has 0 amide bonds. The maximum atomic E-state index is 13.3. The fourth-order valence-corrected chi connectivity index (χ4v) is 3.67. The van der Waals surface area contributed by atoms with E-state index in [1.807, 2.05) is 4.90 Å². The van der Waals surface area contributed by atoms with Crippen molar-refractivity contribution in [3.05, 3.63) is 36.2 Å². The first-order valence-corrected chi connectivity index (χ1v) is 11.2. The lowest BCUT2D eigenvalue weighted by atomic mass is 10.1. The van der Waals surface area contributed by atoms with Gasteiger partial charge in [0.2, 0.25) is 0 Å². The highest BCUT2D eigenvalue weighted by atomic mass is 32.2. The Morgan fingerprint density at radius 1 is 1.21 bits per heavy atom. The first kappa shape index (κ1) is 21.4. The van der Waals surface area contributed by atoms with Gasteiger partial charge in [-0.3, -0.25) is 4.98 Å². The Kier molecular flexibility index (Phi) is 6.37. The Bertz CT molecular complexity index is 930. The Hall–Kier alpha value is -2.27. The topological polar surface area (TPSA) is 88.1 Å². The van der Waals surface area contributed by atoms with E-state index >= 15 is 0 Å². The van der Waals surface area contributed by atoms with Crippen LogP contribution in [0.5, 0.6) is 0 Å². The summed E-state index contributed by atoms with van der Waals surface area (Å²) >= 11 is 0. The fourth-order valence-electron chi connectivity index (χ4n) is 3.08. The predicted octanol–water partition coefficient (Wildman–Crippen LogP) is 2.48. The van der Waals surface area contributed by atoms with Crippen LogP contribution in [0.4, 0.5) is 19.0 Å². The number of nitrogens with one attached hydrogen (secondary N) is 1. The standard InChI is InChI=1S/C18H22F3N5O2S/c1-29(27,28)11-10-26-8-5-13(6-9-26)23-16-12-15(18(19,20)21)24-17(25-16)14-4-2-3-7-22-14/h2-4,7,12-13H,5-6,8-11H2,1H3,(H,23,24,25). The molecular weight excluding hydrogens is 407 g/mol. The zero-order valence-corrected chi connectivity index (χ0v) is 16.7. The van der Waals surface area contributed by atoms with Crippen LogP contribution in [-0.4, -0.2) is 66.0 Å². The molecule has 1 saturated heterocycles. The quantitative estimate of drug-likeness (QED) is 0.755. The molecule has 2 aromatic heterocycles. The maximum absolute atomic E-state index is 13.3. The van der Waals surface area contributed by atoms with Crippen LogP contribution in [0.2, 0.25) is 0 Å². The second-order valence-corrected chi connectivity index (χ2v) is 9.32. The molecule has 3 rings (SSSR count). The van der Waals surface area contributed by atoms with E-state index in [-0.39, 0.29) is 29.1 Å². The summed E-state index contributed by atoms with van der Waals surface area (Å²) in [6, 6.07) is 5.72. The average molecular weight is 429 g/mol. The smallest absolute Gasteiger partial charge is 0.367 e. The van der Waals surface area contributed by atoms with Gasteiger partial charge in [0, 0.05) is 44.2 Å². The number of hydrogen-bond donors (Lipinski definition) is 1. The van der Waals surface area contributed by atoms with Gasteiger partial charge in [0.15, 0.2) is 11.5 Å². The molecule has 0 aliphatic carbocycles. The number of aromatic nitrogens is 3. The van der Waals surface area contributed by atoms with Gasteiger partial charge >= 0.3 is 6.18 Å². The number of hydrogen-bond acceptors (Lipinski definition) is 7. The molecule has 0 radical (unpaired) electrons. The first-order chi connectivity index (χ1) is 13.6. The minimum Gasteiger partial charge on any atom is -0.367 e. The molecule has 11 heteroatoms. The molecular formula is C18H22F3N5O2S. The normalized spacial score (nSPS) is 16.7. The zero-order valence-electron chi connectivity index (χ0n) is 15.9. The fraction of sp³-hybridized carbons (Fsp3) is 0.500. The van der Waals surface area contributed by atoms with Gasteiger partial charge in [0.05, 0.1) is 5.75 Å². The molecule has 0 unspecified atom stereocenters. The van der Waals surface area contributed by atoms with Gasteiger partial charge < -0.3 is 10.2 Å². The van der Waals surface area contributed by atoms with Crippen LogP contribution in [0, 0.1) is 0 Å². The van der Waals surface area contributed by atoms with Crippen LogP contribution in [0.1, 0.15) is 18.5 Å². The third-order valence-electron chi connectivity index (χ3n) is 4.63. The molecule has 1 N–H and O–H groups in total. The lowest BCUT2D eigenvalue weighted by molar-refractivity contribution is -0.141. The summed E-state index contributed by atoms with van der Waals surface area (Å²) in [6.07, 6.45) is -0.577. The highest BCUT2D eigenvalue weighted by Gasteiger charge is 2.34. The van der Waals surface area contributed by atoms with Crippen molar-refractivity contribution in [1.29, 1.82) is 0 Å². The Morgan fingerprint density at radius 3 is 2.52 bits per heavy atom. The molecule has 0 atom stereocenters. The molecule has 29 heavy (non-hydrogen) atoms. The minimum atomic E-state index is -4.60. The highest BCUT2D eigenvalue weighted by molar-refractivity contribution is 7.90. The molecule has 0 spiro atoms. The van der Waals surface area contributed by atoms with Crippen LogP contribution in [0.25, 0.3) is 11.5 Å². The Balaban J connectivity index is 1.71. The summed E-state index contributed by atoms with van der Waals surface area (Å²) in [6.45, 7) is 1.79. The lowest BCUT2D eigenvalue weighted by Gasteiger charge is -2.32. The van der Waals surface area contributed by atoms with E-state index < -0.39 is 21.7 Å². The minimum absolute atomic E-state index is 0.0583. The van der Waals surface area contributed by atoms with E-state index in [1.54, 1.807) is 18.2 Å². The number of sulfone groups is 1. The number of likely N-dealkylation sites (tertiary alicyclic amines) is 1. The second-order valence-electron chi connectivity index (χ2n) is 7.06. The molecule has 158 valence electrons. The Morgan fingerprint density at radius 2 is 1.93 bits per heavy atom. The largest absolute Gasteiger partial charge is 0.433 e. The van der Waals surface area contributed by atoms with Gasteiger partial charge in [0.25, 0.3) is 0 Å². The van der Waals surface area contributed by atoms with Crippen molar-refractivity contribution in [3.63, 3.8) is 0 Å². The molecule has 0 bridgehead atoms. The van der Waals surface area contributed by atoms with Crippen molar-refractivity contribution in [2.75, 3.05) is 37.0 Å². The van der Waals surface area contributed by atoms with Gasteiger partial charge in [-0.15, -0.1) is 0 Å². The van der Waals surface area contributed by atoms with Crippen molar-refractivity contribution >= 4 is 15.7 Å². The maximum Gasteiger partial charge on any atom is 0.433 e. The number of rotatable bonds is 6. The number of anilines is 1. The van der Waals surface area contributed by atoms with E-state index in [2.05, 4.69) is 20.3 Å². The molecule has 7 nitrogen and oxygen atoms in total. The van der Waals surface area contributed by atoms with Crippen molar-refractivity contribution < 1.29 is 21.6 Å². The molecule has 2 aromatic rings. The number of piperidine rings is 1. The average Bonchev–Trinajstić information content (AvgIpc) is 2.67. The summed E-state index contributed by atoms with van der Waals surface area (Å²) in [7, 11) is -3.02. The van der Waals surface area contributed by atoms with Crippen molar-refractivity contribution in [2.24, 2.45) is 0 Å². The number of nitrogens with zero attached hydrogens (tertiary/aromatic N) is 4. The number of halogens is 3. The van der Waals surface area contributed by atoms with Crippen molar-refractivity contribution in [1.82, 2.24) is 19.9 Å². The number of alkyl halides is 3. The van der Waals surface area contributed by atoms with Gasteiger partial charge in [-0.25, -0.2) is 18.4 Å². The molecule has 1 fully saturated rings. The lowest BCUT2D eigenvalue weighted by Crippen LogP contribution is -2.41. The van der Waals surface area contributed by atoms with Crippen LogP contribution in [0.3, 0.4) is 0 Å². The summed E-state index contributed by atoms with van der Waals surface area (Å²) in [4.78, 5) is 13.9. The van der Waals surface area contributed by atoms with Crippen LogP contribution >= 0.6 is 0 Å². The van der Waals surface area contributed by atoms with E-state index in [1.165, 1.54) is 12.5 Å². The summed E-state index contributed by atoms with van der Waals surface area (Å²) < 4.78 is 62.4. The molecule has 3 heterocycles. The van der Waals surface area contributed by atoms with Crippen LogP contribution < -0.4 is 5.32 Å². The van der Waals surface area contributed by atoms with E-state index in [4.69, 9.17) is 0 Å². The van der Waals surface area contributed by atoms with Gasteiger partial charge in [-0.1, -0.05) is 6.07 Å². The SMILES string of the molecule is CS(=O)(=O)CCN1CCC(Nc2cc(C(F)(F)F)nc(-c3ccccn3)n2)CC1. The summed E-state index contributed by atoms with van der Waals surface area (Å²) in [5, 5.41) is 3.07. The predicted molar refractivity (Wildman–Crippen MR) is 103 cm³/mol. The summed E-state index contributed by atoms with van der Waals surface area (Å²) in [5.74, 6) is 0.107. The third kappa shape index (κ3) is 6.36. The van der Waals surface area contributed by atoms with Gasteiger partial charge in [-0.05, 0) is 25.0 Å². The second kappa shape index (κ2) is 8.62. The number of pyridine rings is 1. The van der Waals surface area contributed by atoms with Crippen LogP contribution in [0.15, 0.2) is 30.5 Å². The molecule has 0 aromatic carbocycles. The highest BCUT2D eigenvalue weighted by Crippen LogP contribution is 2.31.